The molecule has 0 bridgehead atoms. The molecule has 0 fully saturated rings. The van der Waals surface area contributed by atoms with Crippen molar-refractivity contribution in [3.8, 4) is 5.75 Å². The van der Waals surface area contributed by atoms with Gasteiger partial charge in [-0.1, -0.05) is 28.1 Å². The van der Waals surface area contributed by atoms with E-state index in [0.717, 1.165) is 26.8 Å². The maximum Gasteiger partial charge on any atom is 0.139 e. The Kier molecular flexibility index (Phi) is 3.32. The molecule has 0 radical (unpaired) electrons. The largest absolute Gasteiger partial charge is 0.506 e. The van der Waals surface area contributed by atoms with E-state index in [0.29, 0.717) is 5.69 Å². The lowest BCUT2D eigenvalue weighted by atomic mass is 10.1. The molecule has 0 aliphatic heterocycles. The van der Waals surface area contributed by atoms with Crippen LogP contribution in [-0.2, 0) is 0 Å². The Labute approximate surface area is 125 Å². The van der Waals surface area contributed by atoms with E-state index in [1.54, 1.807) is 12.1 Å². The summed E-state index contributed by atoms with van der Waals surface area (Å²) in [5.74, 6) is 0.227. The minimum Gasteiger partial charge on any atom is -0.506 e. The number of fused-ring (bicyclic) bond motifs is 1. The van der Waals surface area contributed by atoms with Gasteiger partial charge in [0.1, 0.15) is 5.75 Å². The zero-order valence-corrected chi connectivity index (χ0v) is 12.5. The number of hydrogen-bond donors (Lipinski definition) is 2. The molecule has 0 aliphatic rings. The van der Waals surface area contributed by atoms with Crippen molar-refractivity contribution in [1.82, 2.24) is 4.98 Å². The number of nitrogens with zero attached hydrogens (tertiary/aromatic N) is 1. The number of halogens is 1. The normalized spacial score (nSPS) is 10.7. The molecular weight excluding hydrogens is 316 g/mol. The van der Waals surface area contributed by atoms with E-state index in [9.17, 15) is 5.11 Å². The highest BCUT2D eigenvalue weighted by Crippen LogP contribution is 2.31. The second-order valence-corrected chi connectivity index (χ2v) is 5.53. The smallest absolute Gasteiger partial charge is 0.139 e. The number of anilines is 2. The van der Waals surface area contributed by atoms with Gasteiger partial charge in [0.2, 0.25) is 0 Å². The number of hydrogen-bond acceptors (Lipinski definition) is 3. The number of phenols is 1. The molecule has 0 aliphatic carbocycles. The summed E-state index contributed by atoms with van der Waals surface area (Å²) in [5.41, 5.74) is 3.46. The summed E-state index contributed by atoms with van der Waals surface area (Å²) in [7, 11) is 0. The first-order chi connectivity index (χ1) is 9.63. The number of aromatic hydroxyl groups is 1. The number of pyridine rings is 1. The first-order valence-corrected chi connectivity index (χ1v) is 7.05. The number of phenolic OH excluding ortho intramolecular Hbond substituents is 1. The van der Waals surface area contributed by atoms with Crippen LogP contribution >= 0.6 is 15.9 Å². The van der Waals surface area contributed by atoms with Crippen LogP contribution in [0, 0.1) is 6.92 Å². The summed E-state index contributed by atoms with van der Waals surface area (Å²) in [6.45, 7) is 1.96. The predicted molar refractivity (Wildman–Crippen MR) is 85.6 cm³/mol. The fraction of sp³-hybridized carbons (Fsp3) is 0.0625. The quantitative estimate of drug-likeness (QED) is 0.667. The molecule has 20 heavy (non-hydrogen) atoms. The third-order valence-electron chi connectivity index (χ3n) is 3.07. The van der Waals surface area contributed by atoms with Crippen molar-refractivity contribution >= 4 is 38.2 Å². The summed E-state index contributed by atoms with van der Waals surface area (Å²) in [4.78, 5) is 4.52. The molecule has 0 atom stereocenters. The van der Waals surface area contributed by atoms with Gasteiger partial charge in [0.15, 0.2) is 0 Å². The zero-order valence-electron chi connectivity index (χ0n) is 10.9. The van der Waals surface area contributed by atoms with Gasteiger partial charge in [-0.2, -0.15) is 0 Å². The van der Waals surface area contributed by atoms with Crippen LogP contribution in [-0.4, -0.2) is 10.1 Å². The van der Waals surface area contributed by atoms with Gasteiger partial charge in [0.05, 0.1) is 11.2 Å². The topological polar surface area (TPSA) is 45.1 Å². The Hall–Kier alpha value is -2.07. The summed E-state index contributed by atoms with van der Waals surface area (Å²) in [5, 5.41) is 14.2. The van der Waals surface area contributed by atoms with E-state index >= 15 is 0 Å². The number of aromatic nitrogens is 1. The minimum absolute atomic E-state index is 0.227. The van der Waals surface area contributed by atoms with Gasteiger partial charge >= 0.3 is 0 Å². The molecule has 0 spiro atoms. The van der Waals surface area contributed by atoms with E-state index in [1.165, 1.54) is 0 Å². The van der Waals surface area contributed by atoms with Gasteiger partial charge in [-0.05, 0) is 43.3 Å². The summed E-state index contributed by atoms with van der Waals surface area (Å²) < 4.78 is 0.996. The van der Waals surface area contributed by atoms with E-state index in [1.807, 2.05) is 43.3 Å². The Morgan fingerprint density at radius 2 is 1.85 bits per heavy atom. The molecular formula is C16H13BrN2O. The molecule has 1 aromatic heterocycles. The highest BCUT2D eigenvalue weighted by molar-refractivity contribution is 9.10. The molecule has 3 rings (SSSR count). The molecule has 3 aromatic rings. The van der Waals surface area contributed by atoms with Crippen LogP contribution < -0.4 is 5.32 Å². The van der Waals surface area contributed by atoms with Gasteiger partial charge in [-0.25, -0.2) is 0 Å². The Bertz CT molecular complexity index is 787. The lowest BCUT2D eigenvalue weighted by Crippen LogP contribution is -1.95. The number of benzene rings is 2. The molecule has 4 heteroatoms. The zero-order chi connectivity index (χ0) is 14.1. The minimum atomic E-state index is 0.227. The number of para-hydroxylation sites is 2. The van der Waals surface area contributed by atoms with E-state index < -0.39 is 0 Å². The molecule has 0 unspecified atom stereocenters. The van der Waals surface area contributed by atoms with Crippen molar-refractivity contribution in [2.24, 2.45) is 0 Å². The molecule has 0 amide bonds. The van der Waals surface area contributed by atoms with Crippen molar-refractivity contribution in [2.45, 2.75) is 6.92 Å². The van der Waals surface area contributed by atoms with Crippen molar-refractivity contribution in [1.29, 1.82) is 0 Å². The lowest BCUT2D eigenvalue weighted by molar-refractivity contribution is 0.478. The SMILES string of the molecule is Cc1cc(Nc2ccccc2O)c2cc(Br)ccc2n1. The first kappa shape index (κ1) is 12.9. The van der Waals surface area contributed by atoms with Crippen LogP contribution in [0.2, 0.25) is 0 Å². The molecule has 0 saturated carbocycles. The second kappa shape index (κ2) is 5.13. The predicted octanol–water partition coefficient (Wildman–Crippen LogP) is 4.75. The van der Waals surface area contributed by atoms with Gasteiger partial charge < -0.3 is 10.4 Å². The molecule has 3 nitrogen and oxygen atoms in total. The van der Waals surface area contributed by atoms with Crippen LogP contribution in [0.4, 0.5) is 11.4 Å². The molecule has 0 saturated heterocycles. The van der Waals surface area contributed by atoms with Crippen molar-refractivity contribution < 1.29 is 5.11 Å². The molecule has 1 heterocycles. The summed E-state index contributed by atoms with van der Waals surface area (Å²) >= 11 is 3.48. The number of aryl methyl sites for hydroxylation is 1. The van der Waals surface area contributed by atoms with Crippen molar-refractivity contribution in [3.05, 3.63) is 58.7 Å². The number of nitrogens with one attached hydrogen (secondary N) is 1. The highest BCUT2D eigenvalue weighted by atomic mass is 79.9. The average molecular weight is 329 g/mol. The summed E-state index contributed by atoms with van der Waals surface area (Å²) in [6.07, 6.45) is 0. The Morgan fingerprint density at radius 1 is 1.05 bits per heavy atom. The van der Waals surface area contributed by atoms with E-state index in [4.69, 9.17) is 0 Å². The van der Waals surface area contributed by atoms with Gasteiger partial charge in [-0.15, -0.1) is 0 Å². The average Bonchev–Trinajstić information content (AvgIpc) is 2.42. The van der Waals surface area contributed by atoms with Crippen molar-refractivity contribution in [2.75, 3.05) is 5.32 Å². The fourth-order valence-electron chi connectivity index (χ4n) is 2.16. The van der Waals surface area contributed by atoms with Gasteiger partial charge in [0, 0.05) is 21.2 Å². The third-order valence-corrected chi connectivity index (χ3v) is 3.57. The van der Waals surface area contributed by atoms with E-state index in [-0.39, 0.29) is 5.75 Å². The Balaban J connectivity index is 2.15. The van der Waals surface area contributed by atoms with Crippen LogP contribution in [0.3, 0.4) is 0 Å². The van der Waals surface area contributed by atoms with Gasteiger partial charge in [0.25, 0.3) is 0 Å². The molecule has 2 aromatic carbocycles. The molecule has 2 N–H and O–H groups in total. The second-order valence-electron chi connectivity index (χ2n) is 4.61. The lowest BCUT2D eigenvalue weighted by Gasteiger charge is -2.12. The number of rotatable bonds is 2. The third kappa shape index (κ3) is 2.47. The van der Waals surface area contributed by atoms with Crippen LogP contribution in [0.5, 0.6) is 5.75 Å². The fourth-order valence-corrected chi connectivity index (χ4v) is 2.52. The monoisotopic (exact) mass is 328 g/mol. The van der Waals surface area contributed by atoms with Crippen molar-refractivity contribution in [3.63, 3.8) is 0 Å². The maximum atomic E-state index is 9.88. The van der Waals surface area contributed by atoms with Gasteiger partial charge in [-0.3, -0.25) is 4.98 Å². The standard InChI is InChI=1S/C16H13BrN2O/c1-10-8-15(19-14-4-2-3-5-16(14)20)12-9-11(17)6-7-13(12)18-10/h2-9,20H,1H3,(H,18,19). The van der Waals surface area contributed by atoms with Crippen LogP contribution in [0.25, 0.3) is 10.9 Å². The van der Waals surface area contributed by atoms with Crippen LogP contribution in [0.15, 0.2) is 53.0 Å². The van der Waals surface area contributed by atoms with Crippen LogP contribution in [0.1, 0.15) is 5.69 Å². The highest BCUT2D eigenvalue weighted by Gasteiger charge is 2.07. The first-order valence-electron chi connectivity index (χ1n) is 6.25. The maximum absolute atomic E-state index is 9.88. The Morgan fingerprint density at radius 3 is 2.65 bits per heavy atom. The summed E-state index contributed by atoms with van der Waals surface area (Å²) in [6, 6.07) is 15.1. The van der Waals surface area contributed by atoms with E-state index in [2.05, 4.69) is 26.2 Å². The molecule has 100 valence electrons.